The van der Waals surface area contributed by atoms with Gasteiger partial charge in [-0.3, -0.25) is 4.79 Å². The van der Waals surface area contributed by atoms with Crippen molar-refractivity contribution in [2.24, 2.45) is 5.92 Å². The number of carboxylic acid groups (broad SMARTS) is 1. The predicted molar refractivity (Wildman–Crippen MR) is 82.2 cm³/mol. The van der Waals surface area contributed by atoms with Gasteiger partial charge in [0.15, 0.2) is 12.4 Å². The maximum atomic E-state index is 12.5. The van der Waals surface area contributed by atoms with E-state index < -0.39 is 12.6 Å². The molecule has 0 spiro atoms. The van der Waals surface area contributed by atoms with Crippen LogP contribution in [0.5, 0.6) is 5.75 Å². The lowest BCUT2D eigenvalue weighted by Crippen LogP contribution is -2.15. The zero-order chi connectivity index (χ0) is 15.8. The van der Waals surface area contributed by atoms with Crippen molar-refractivity contribution in [3.63, 3.8) is 0 Å². The number of halogens is 1. The van der Waals surface area contributed by atoms with E-state index in [0.29, 0.717) is 16.3 Å². The van der Waals surface area contributed by atoms with E-state index in [9.17, 15) is 9.59 Å². The summed E-state index contributed by atoms with van der Waals surface area (Å²) in [5.74, 6) is -0.671. The van der Waals surface area contributed by atoms with Crippen molar-refractivity contribution >= 4 is 23.4 Å². The largest absolute Gasteiger partial charge is 0.482 e. The van der Waals surface area contributed by atoms with Crippen LogP contribution < -0.4 is 4.74 Å². The highest BCUT2D eigenvalue weighted by atomic mass is 35.5. The predicted octanol–water partition coefficient (Wildman–Crippen LogP) is 4.20. The summed E-state index contributed by atoms with van der Waals surface area (Å²) in [6.07, 6.45) is 3.60. The highest BCUT2D eigenvalue weighted by Crippen LogP contribution is 2.27. The molecule has 0 saturated heterocycles. The first-order valence-electron chi connectivity index (χ1n) is 7.17. The molecule has 0 heterocycles. The third-order valence-electron chi connectivity index (χ3n) is 3.21. The molecule has 1 rings (SSSR count). The topological polar surface area (TPSA) is 63.6 Å². The zero-order valence-electron chi connectivity index (χ0n) is 12.4. The molecule has 1 aromatic carbocycles. The molecule has 116 valence electrons. The maximum Gasteiger partial charge on any atom is 0.341 e. The van der Waals surface area contributed by atoms with Crippen LogP contribution in [0.1, 0.15) is 49.9 Å². The Kier molecular flexibility index (Phi) is 7.23. The molecule has 4 nitrogen and oxygen atoms in total. The molecular formula is C16H21ClO4. The fourth-order valence-corrected chi connectivity index (χ4v) is 2.52. The van der Waals surface area contributed by atoms with Crippen molar-refractivity contribution in [2.45, 2.75) is 39.5 Å². The lowest BCUT2D eigenvalue weighted by Gasteiger charge is -2.15. The number of hydrogen-bond acceptors (Lipinski definition) is 3. The van der Waals surface area contributed by atoms with Crippen LogP contribution in [0.2, 0.25) is 5.02 Å². The summed E-state index contributed by atoms with van der Waals surface area (Å²) in [7, 11) is 0. The minimum absolute atomic E-state index is 0.0108. The second kappa shape index (κ2) is 8.67. The molecule has 0 bridgehead atoms. The van der Waals surface area contributed by atoms with E-state index in [1.165, 1.54) is 6.07 Å². The molecule has 0 amide bonds. The van der Waals surface area contributed by atoms with Gasteiger partial charge in [0.2, 0.25) is 0 Å². The fraction of sp³-hybridized carbons (Fsp3) is 0.500. The van der Waals surface area contributed by atoms with Gasteiger partial charge in [-0.15, -0.1) is 0 Å². The zero-order valence-corrected chi connectivity index (χ0v) is 13.2. The quantitative estimate of drug-likeness (QED) is 0.694. The molecule has 0 aliphatic rings. The average Bonchev–Trinajstić information content (AvgIpc) is 2.44. The van der Waals surface area contributed by atoms with Gasteiger partial charge in [-0.25, -0.2) is 4.79 Å². The summed E-state index contributed by atoms with van der Waals surface area (Å²) in [6, 6.07) is 4.68. The first-order valence-corrected chi connectivity index (χ1v) is 7.55. The van der Waals surface area contributed by atoms with E-state index in [-0.39, 0.29) is 11.7 Å². The van der Waals surface area contributed by atoms with Gasteiger partial charge < -0.3 is 9.84 Å². The number of carbonyl (C=O) groups is 2. The summed E-state index contributed by atoms with van der Waals surface area (Å²) >= 11 is 6.14. The van der Waals surface area contributed by atoms with Crippen LogP contribution in [0.15, 0.2) is 18.2 Å². The van der Waals surface area contributed by atoms with Gasteiger partial charge in [-0.2, -0.15) is 0 Å². The van der Waals surface area contributed by atoms with Crippen molar-refractivity contribution in [1.82, 2.24) is 0 Å². The van der Waals surface area contributed by atoms with Crippen molar-refractivity contribution in [3.05, 3.63) is 28.8 Å². The fourth-order valence-electron chi connectivity index (χ4n) is 2.25. The molecule has 0 fully saturated rings. The Bertz CT molecular complexity index is 493. The Morgan fingerprint density at radius 3 is 2.33 bits per heavy atom. The Morgan fingerprint density at radius 1 is 1.24 bits per heavy atom. The summed E-state index contributed by atoms with van der Waals surface area (Å²) in [6.45, 7) is 3.68. The lowest BCUT2D eigenvalue weighted by molar-refractivity contribution is -0.139. The number of benzene rings is 1. The van der Waals surface area contributed by atoms with Gasteiger partial charge in [0.1, 0.15) is 5.75 Å². The molecule has 0 aliphatic heterocycles. The number of aliphatic carboxylic acids is 1. The van der Waals surface area contributed by atoms with Crippen LogP contribution >= 0.6 is 11.6 Å². The maximum absolute atomic E-state index is 12.5. The van der Waals surface area contributed by atoms with E-state index in [4.69, 9.17) is 21.4 Å². The SMILES string of the molecule is CCCC(CCC)C(=O)c1ccc(OCC(=O)O)cc1Cl. The highest BCUT2D eigenvalue weighted by Gasteiger charge is 2.21. The number of carboxylic acids is 1. The molecule has 0 radical (unpaired) electrons. The minimum atomic E-state index is -1.06. The second-order valence-electron chi connectivity index (χ2n) is 4.96. The average molecular weight is 313 g/mol. The Balaban J connectivity index is 2.87. The summed E-state index contributed by atoms with van der Waals surface area (Å²) < 4.78 is 5.04. The molecule has 21 heavy (non-hydrogen) atoms. The number of ketones is 1. The number of Topliss-reactive ketones (excluding diaryl/α,β-unsaturated/α-hetero) is 1. The Hall–Kier alpha value is -1.55. The van der Waals surface area contributed by atoms with Crippen molar-refractivity contribution in [2.75, 3.05) is 6.61 Å². The Morgan fingerprint density at radius 2 is 1.86 bits per heavy atom. The van der Waals surface area contributed by atoms with Gasteiger partial charge in [0, 0.05) is 11.5 Å². The van der Waals surface area contributed by atoms with Gasteiger partial charge in [-0.1, -0.05) is 38.3 Å². The van der Waals surface area contributed by atoms with E-state index in [1.807, 2.05) is 0 Å². The molecule has 5 heteroatoms. The van der Waals surface area contributed by atoms with Crippen LogP contribution in [-0.4, -0.2) is 23.5 Å². The summed E-state index contributed by atoms with van der Waals surface area (Å²) in [5.41, 5.74) is 0.478. The second-order valence-corrected chi connectivity index (χ2v) is 5.37. The highest BCUT2D eigenvalue weighted by molar-refractivity contribution is 6.34. The van der Waals surface area contributed by atoms with Crippen molar-refractivity contribution < 1.29 is 19.4 Å². The normalized spacial score (nSPS) is 10.7. The van der Waals surface area contributed by atoms with Crippen molar-refractivity contribution in [3.8, 4) is 5.75 Å². The molecule has 1 aromatic rings. The molecule has 0 unspecified atom stereocenters. The molecule has 0 aromatic heterocycles. The molecular weight excluding hydrogens is 292 g/mol. The van der Waals surface area contributed by atoms with Gasteiger partial charge in [0.25, 0.3) is 0 Å². The first-order chi connectivity index (χ1) is 9.99. The minimum Gasteiger partial charge on any atom is -0.482 e. The van der Waals surface area contributed by atoms with Gasteiger partial charge in [0.05, 0.1) is 5.02 Å². The van der Waals surface area contributed by atoms with Crippen LogP contribution in [0.3, 0.4) is 0 Å². The van der Waals surface area contributed by atoms with E-state index in [1.54, 1.807) is 12.1 Å². The first kappa shape index (κ1) is 17.5. The standard InChI is InChI=1S/C16H21ClO4/c1-3-5-11(6-4-2)16(20)13-8-7-12(9-14(13)17)21-10-15(18)19/h7-9,11H,3-6,10H2,1-2H3,(H,18,19). The Labute approximate surface area is 130 Å². The summed E-state index contributed by atoms with van der Waals surface area (Å²) in [5, 5.41) is 8.87. The molecule has 0 atom stereocenters. The number of carbonyl (C=O) groups excluding carboxylic acids is 1. The van der Waals surface area contributed by atoms with Crippen LogP contribution in [0, 0.1) is 5.92 Å². The van der Waals surface area contributed by atoms with Crippen LogP contribution in [-0.2, 0) is 4.79 Å². The van der Waals surface area contributed by atoms with Gasteiger partial charge >= 0.3 is 5.97 Å². The van der Waals surface area contributed by atoms with E-state index >= 15 is 0 Å². The van der Waals surface area contributed by atoms with E-state index in [0.717, 1.165) is 25.7 Å². The van der Waals surface area contributed by atoms with Gasteiger partial charge in [-0.05, 0) is 31.0 Å². The summed E-state index contributed by atoms with van der Waals surface area (Å²) in [4.78, 5) is 23.0. The third-order valence-corrected chi connectivity index (χ3v) is 3.53. The van der Waals surface area contributed by atoms with E-state index in [2.05, 4.69) is 13.8 Å². The van der Waals surface area contributed by atoms with Crippen molar-refractivity contribution in [1.29, 1.82) is 0 Å². The number of hydrogen-bond donors (Lipinski definition) is 1. The smallest absolute Gasteiger partial charge is 0.341 e. The lowest BCUT2D eigenvalue weighted by atomic mass is 9.90. The van der Waals surface area contributed by atoms with Crippen LogP contribution in [0.25, 0.3) is 0 Å². The molecule has 0 aliphatic carbocycles. The monoisotopic (exact) mass is 312 g/mol. The number of rotatable bonds is 9. The van der Waals surface area contributed by atoms with Crippen LogP contribution in [0.4, 0.5) is 0 Å². The molecule has 1 N–H and O–H groups in total. The molecule has 0 saturated carbocycles. The number of ether oxygens (including phenoxy) is 1. The third kappa shape index (κ3) is 5.38.